The van der Waals surface area contributed by atoms with E-state index < -0.39 is 99.7 Å². The molecule has 30 heavy (non-hydrogen) atoms. The van der Waals surface area contributed by atoms with Gasteiger partial charge in [-0.2, -0.15) is 0 Å². The molecule has 3 heterocycles. The van der Waals surface area contributed by atoms with Crippen molar-refractivity contribution in [3.05, 3.63) is 0 Å². The van der Waals surface area contributed by atoms with Gasteiger partial charge in [-0.05, 0) is 0 Å². The second kappa shape index (κ2) is 9.93. The van der Waals surface area contributed by atoms with Crippen LogP contribution in [-0.2, 0) is 23.7 Å². The largest absolute Gasteiger partial charge is 0.394 e. The van der Waals surface area contributed by atoms with Crippen molar-refractivity contribution >= 4 is 0 Å². The average molecular weight is 444 g/mol. The minimum atomic E-state index is -1.66. The third kappa shape index (κ3) is 4.48. The van der Waals surface area contributed by atoms with Gasteiger partial charge in [-0.3, -0.25) is 0 Å². The molecule has 0 unspecified atom stereocenters. The summed E-state index contributed by atoms with van der Waals surface area (Å²) < 4.78 is 26.5. The van der Waals surface area contributed by atoms with Crippen LogP contribution in [0.25, 0.3) is 0 Å². The molecule has 0 amide bonds. The Hall–Kier alpha value is -0.560. The van der Waals surface area contributed by atoms with E-state index in [0.717, 1.165) is 0 Å². The lowest BCUT2D eigenvalue weighted by Gasteiger charge is -2.28. The number of rotatable bonds is 8. The summed E-state index contributed by atoms with van der Waals surface area (Å²) in [5.74, 6) is 0. The summed E-state index contributed by atoms with van der Waals surface area (Å²) >= 11 is 0. The van der Waals surface area contributed by atoms with E-state index in [2.05, 4.69) is 0 Å². The van der Waals surface area contributed by atoms with Crippen molar-refractivity contribution in [2.45, 2.75) is 79.9 Å². The summed E-state index contributed by atoms with van der Waals surface area (Å²) in [6.07, 6.45) is -18.9. The van der Waals surface area contributed by atoms with E-state index in [1.807, 2.05) is 0 Å². The molecule has 9 N–H and O–H groups in total. The van der Waals surface area contributed by atoms with Crippen molar-refractivity contribution in [3.8, 4) is 0 Å². The number of aliphatic hydroxyl groups excluding tert-OH is 9. The molecule has 3 fully saturated rings. The van der Waals surface area contributed by atoms with Gasteiger partial charge in [0.15, 0.2) is 18.9 Å². The van der Waals surface area contributed by atoms with Crippen molar-refractivity contribution in [2.24, 2.45) is 0 Å². The van der Waals surface area contributed by atoms with E-state index in [-0.39, 0.29) is 0 Å². The summed E-state index contributed by atoms with van der Waals surface area (Å²) in [7, 11) is 0. The summed E-state index contributed by atoms with van der Waals surface area (Å²) in [6, 6.07) is 0. The number of ether oxygens (including phenoxy) is 5. The third-order valence-electron chi connectivity index (χ3n) is 5.37. The van der Waals surface area contributed by atoms with Gasteiger partial charge < -0.3 is 69.6 Å². The van der Waals surface area contributed by atoms with Gasteiger partial charge in [-0.25, -0.2) is 0 Å². The molecule has 0 aromatic rings. The van der Waals surface area contributed by atoms with Crippen LogP contribution in [0.5, 0.6) is 0 Å². The minimum absolute atomic E-state index is 0.597. The van der Waals surface area contributed by atoms with E-state index in [0.29, 0.717) is 0 Å². The fourth-order valence-corrected chi connectivity index (χ4v) is 3.64. The third-order valence-corrected chi connectivity index (χ3v) is 5.37. The maximum Gasteiger partial charge on any atom is 0.187 e. The molecule has 3 aliphatic rings. The second-order valence-corrected chi connectivity index (χ2v) is 7.36. The van der Waals surface area contributed by atoms with E-state index in [4.69, 9.17) is 33.9 Å². The van der Waals surface area contributed by atoms with Crippen molar-refractivity contribution in [1.29, 1.82) is 0 Å². The molecule has 0 radical (unpaired) electrons. The fraction of sp³-hybridized carbons (Fsp3) is 1.00. The molecule has 3 aliphatic heterocycles. The predicted octanol–water partition coefficient (Wildman–Crippen LogP) is -6.29. The Morgan fingerprint density at radius 2 is 1.23 bits per heavy atom. The molecule has 14 nitrogen and oxygen atoms in total. The monoisotopic (exact) mass is 444 g/mol. The Balaban J connectivity index is 1.71. The first-order valence-electron chi connectivity index (χ1n) is 9.41. The van der Waals surface area contributed by atoms with Crippen molar-refractivity contribution in [3.63, 3.8) is 0 Å². The molecule has 0 saturated carbocycles. The van der Waals surface area contributed by atoms with Gasteiger partial charge in [0.25, 0.3) is 0 Å². The Labute approximate surface area is 170 Å². The summed E-state index contributed by atoms with van der Waals surface area (Å²) in [5.41, 5.74) is 0. The van der Waals surface area contributed by atoms with E-state index in [9.17, 15) is 35.7 Å². The first kappa shape index (κ1) is 24.1. The fourth-order valence-electron chi connectivity index (χ4n) is 3.64. The summed E-state index contributed by atoms with van der Waals surface area (Å²) in [6.45, 7) is -1.99. The lowest BCUT2D eigenvalue weighted by Crippen LogP contribution is -2.46. The van der Waals surface area contributed by atoms with Crippen molar-refractivity contribution in [1.82, 2.24) is 0 Å². The maximum atomic E-state index is 10.4. The quantitative estimate of drug-likeness (QED) is 0.170. The van der Waals surface area contributed by atoms with Gasteiger partial charge in [0.1, 0.15) is 61.0 Å². The number of hydrogen-bond acceptors (Lipinski definition) is 14. The SMILES string of the molecule is OC[C@@H](O)[C@@H]1O[C@@H](O[C@H]2[C@@H](O[C@@H]3[C@@H](O)[C@H](CO)O[C@@H]3O)O[C@@H](CO)[C@@H]2O)[C@H](O)[C@H]1O. The van der Waals surface area contributed by atoms with Gasteiger partial charge in [-0.15, -0.1) is 0 Å². The molecule has 0 spiro atoms. The zero-order valence-corrected chi connectivity index (χ0v) is 15.7. The second-order valence-electron chi connectivity index (χ2n) is 7.36. The van der Waals surface area contributed by atoms with Gasteiger partial charge >= 0.3 is 0 Å². The molecular weight excluding hydrogens is 416 g/mol. The van der Waals surface area contributed by atoms with Crippen LogP contribution in [0.1, 0.15) is 0 Å². The van der Waals surface area contributed by atoms with Crippen LogP contribution < -0.4 is 0 Å². The van der Waals surface area contributed by atoms with Gasteiger partial charge in [0.05, 0.1) is 19.8 Å². The highest BCUT2D eigenvalue weighted by molar-refractivity contribution is 4.95. The van der Waals surface area contributed by atoms with Crippen LogP contribution >= 0.6 is 0 Å². The number of aliphatic hydroxyl groups is 9. The minimum Gasteiger partial charge on any atom is -0.394 e. The van der Waals surface area contributed by atoms with Crippen LogP contribution in [0.15, 0.2) is 0 Å². The Morgan fingerprint density at radius 3 is 1.80 bits per heavy atom. The zero-order valence-electron chi connectivity index (χ0n) is 15.7. The van der Waals surface area contributed by atoms with E-state index in [1.54, 1.807) is 0 Å². The first-order valence-corrected chi connectivity index (χ1v) is 9.41. The Bertz CT molecular complexity index is 552. The van der Waals surface area contributed by atoms with Gasteiger partial charge in [0, 0.05) is 0 Å². The topological polar surface area (TPSA) is 228 Å². The number of hydrogen-bond donors (Lipinski definition) is 9. The van der Waals surface area contributed by atoms with Gasteiger partial charge in [0.2, 0.25) is 0 Å². The highest BCUT2D eigenvalue weighted by Gasteiger charge is 2.54. The first-order chi connectivity index (χ1) is 14.2. The van der Waals surface area contributed by atoms with E-state index in [1.165, 1.54) is 0 Å². The summed E-state index contributed by atoms with van der Waals surface area (Å²) in [4.78, 5) is 0. The van der Waals surface area contributed by atoms with Crippen LogP contribution in [0, 0.1) is 0 Å². The highest BCUT2D eigenvalue weighted by Crippen LogP contribution is 2.33. The molecule has 0 aromatic carbocycles. The van der Waals surface area contributed by atoms with Crippen LogP contribution in [0.4, 0.5) is 0 Å². The molecule has 0 aromatic heterocycles. The maximum absolute atomic E-state index is 10.4. The van der Waals surface area contributed by atoms with Crippen LogP contribution in [0.3, 0.4) is 0 Å². The molecule has 3 rings (SSSR count). The van der Waals surface area contributed by atoms with Gasteiger partial charge in [-0.1, -0.05) is 0 Å². The Morgan fingerprint density at radius 1 is 0.667 bits per heavy atom. The molecule has 3 saturated heterocycles. The standard InChI is InChI=1S/C16H28O14/c17-1-4(20)11-9(23)10(24)15(28-11)30-13-8(22)6(3-19)27-16(13)29-12-7(21)5(2-18)26-14(12)25/h4-25H,1-3H2/t4-,5+,6+,7+,8+,9-,10-,11+,12-,13-,14+,15+,16-/m1/s1. The molecule has 176 valence electrons. The van der Waals surface area contributed by atoms with Crippen molar-refractivity contribution in [2.75, 3.05) is 19.8 Å². The molecule has 13 atom stereocenters. The average Bonchev–Trinajstić information content (AvgIpc) is 3.30. The normalized spacial score (nSPS) is 50.3. The molecular formula is C16H28O14. The Kier molecular flexibility index (Phi) is 7.97. The lowest BCUT2D eigenvalue weighted by atomic mass is 10.1. The summed E-state index contributed by atoms with van der Waals surface area (Å²) in [5, 5.41) is 87.8. The van der Waals surface area contributed by atoms with Crippen LogP contribution in [-0.4, -0.2) is 146 Å². The highest BCUT2D eigenvalue weighted by atomic mass is 16.8. The van der Waals surface area contributed by atoms with Crippen molar-refractivity contribution < 1.29 is 69.6 Å². The van der Waals surface area contributed by atoms with Crippen LogP contribution in [0.2, 0.25) is 0 Å². The zero-order chi connectivity index (χ0) is 22.2. The smallest absolute Gasteiger partial charge is 0.187 e. The predicted molar refractivity (Wildman–Crippen MR) is 89.2 cm³/mol. The van der Waals surface area contributed by atoms with E-state index >= 15 is 0 Å². The molecule has 14 heteroatoms. The molecule has 0 aliphatic carbocycles. The lowest BCUT2D eigenvalue weighted by molar-refractivity contribution is -0.274. The molecule has 0 bridgehead atoms.